The highest BCUT2D eigenvalue weighted by molar-refractivity contribution is 6.17. The van der Waals surface area contributed by atoms with Gasteiger partial charge in [-0.3, -0.25) is 0 Å². The van der Waals surface area contributed by atoms with Crippen molar-refractivity contribution in [3.05, 3.63) is 144 Å². The summed E-state index contributed by atoms with van der Waals surface area (Å²) in [5, 5.41) is 3.42. The standard InChI is InChI=1S/C14H15N.C7H7Cl.C7H9N/c1-3-7-13(8-4-1)11-15-12-14-9-5-2-6-10-14;2*8-6-7-4-2-1-3-5-7/h1-10,15H,11-12H2;1-5H,6H2;1-5H,6,8H2. The smallest absolute Gasteiger partial charge is 0.0474 e. The predicted molar refractivity (Wildman–Crippen MR) is 134 cm³/mol. The van der Waals surface area contributed by atoms with E-state index in [0.717, 1.165) is 13.1 Å². The van der Waals surface area contributed by atoms with Crippen LogP contribution in [0, 0.1) is 0 Å². The minimum absolute atomic E-state index is 0.612. The Kier molecular flexibility index (Phi) is 12.5. The number of benzene rings is 4. The Bertz CT molecular complexity index is 835. The molecule has 0 bridgehead atoms. The van der Waals surface area contributed by atoms with Crippen molar-refractivity contribution in [2.75, 3.05) is 0 Å². The molecule has 0 aliphatic carbocycles. The first-order chi connectivity index (χ1) is 15.3. The van der Waals surface area contributed by atoms with Crippen molar-refractivity contribution < 1.29 is 0 Å². The molecule has 4 rings (SSSR count). The Balaban J connectivity index is 0.000000181. The first kappa shape index (κ1) is 24.4. The molecule has 0 fully saturated rings. The molecule has 0 saturated carbocycles. The minimum atomic E-state index is 0.612. The summed E-state index contributed by atoms with van der Waals surface area (Å²) in [4.78, 5) is 0. The van der Waals surface area contributed by atoms with E-state index in [1.54, 1.807) is 0 Å². The molecule has 0 aliphatic rings. The van der Waals surface area contributed by atoms with Crippen molar-refractivity contribution in [3.8, 4) is 0 Å². The lowest BCUT2D eigenvalue weighted by molar-refractivity contribution is 0.693. The monoisotopic (exact) mass is 430 g/mol. The third kappa shape index (κ3) is 11.2. The Morgan fingerprint density at radius 3 is 1.06 bits per heavy atom. The van der Waals surface area contributed by atoms with Crippen molar-refractivity contribution >= 4 is 11.6 Å². The van der Waals surface area contributed by atoms with Gasteiger partial charge >= 0.3 is 0 Å². The van der Waals surface area contributed by atoms with Gasteiger partial charge < -0.3 is 11.1 Å². The van der Waals surface area contributed by atoms with E-state index in [1.807, 2.05) is 72.8 Å². The molecule has 0 saturated heterocycles. The molecule has 3 N–H and O–H groups in total. The summed E-state index contributed by atoms with van der Waals surface area (Å²) in [5.74, 6) is 0.612. The predicted octanol–water partition coefficient (Wildman–Crippen LogP) is 6.55. The van der Waals surface area contributed by atoms with Crippen molar-refractivity contribution in [3.63, 3.8) is 0 Å². The number of rotatable bonds is 6. The summed E-state index contributed by atoms with van der Waals surface area (Å²) >= 11 is 5.53. The zero-order valence-corrected chi connectivity index (χ0v) is 18.6. The van der Waals surface area contributed by atoms with Crippen LogP contribution in [0.15, 0.2) is 121 Å². The number of nitrogens with two attached hydrogens (primary N) is 1. The average molecular weight is 431 g/mol. The number of alkyl halides is 1. The van der Waals surface area contributed by atoms with Crippen molar-refractivity contribution in [2.45, 2.75) is 25.5 Å². The van der Waals surface area contributed by atoms with Crippen molar-refractivity contribution in [1.82, 2.24) is 5.32 Å². The van der Waals surface area contributed by atoms with Gasteiger partial charge in [0.1, 0.15) is 0 Å². The lowest BCUT2D eigenvalue weighted by Gasteiger charge is -2.04. The van der Waals surface area contributed by atoms with E-state index in [1.165, 1.54) is 22.3 Å². The van der Waals surface area contributed by atoms with E-state index in [2.05, 4.69) is 53.8 Å². The number of hydrogen-bond donors (Lipinski definition) is 2. The zero-order valence-electron chi connectivity index (χ0n) is 17.8. The fourth-order valence-electron chi connectivity index (χ4n) is 2.72. The number of halogens is 1. The molecule has 4 aromatic carbocycles. The van der Waals surface area contributed by atoms with E-state index in [-0.39, 0.29) is 0 Å². The molecule has 160 valence electrons. The SMILES string of the molecule is ClCc1ccccc1.NCc1ccccc1.c1ccc(CNCc2ccccc2)cc1. The topological polar surface area (TPSA) is 38.0 Å². The summed E-state index contributed by atoms with van der Waals surface area (Å²) in [7, 11) is 0. The Hall–Kier alpha value is -2.91. The van der Waals surface area contributed by atoms with Gasteiger partial charge in [0.2, 0.25) is 0 Å². The second kappa shape index (κ2) is 15.9. The van der Waals surface area contributed by atoms with Crippen LogP contribution in [0.25, 0.3) is 0 Å². The molecule has 2 nitrogen and oxygen atoms in total. The van der Waals surface area contributed by atoms with Gasteiger partial charge in [-0.15, -0.1) is 11.6 Å². The van der Waals surface area contributed by atoms with Gasteiger partial charge in [-0.1, -0.05) is 121 Å². The largest absolute Gasteiger partial charge is 0.326 e. The van der Waals surface area contributed by atoms with Gasteiger partial charge in [0.05, 0.1) is 0 Å². The van der Waals surface area contributed by atoms with Crippen LogP contribution in [-0.4, -0.2) is 0 Å². The molecule has 31 heavy (non-hydrogen) atoms. The summed E-state index contributed by atoms with van der Waals surface area (Å²) < 4.78 is 0. The Labute approximate surface area is 191 Å². The van der Waals surface area contributed by atoms with E-state index >= 15 is 0 Å². The van der Waals surface area contributed by atoms with E-state index < -0.39 is 0 Å². The van der Waals surface area contributed by atoms with Crippen LogP contribution >= 0.6 is 11.6 Å². The van der Waals surface area contributed by atoms with Crippen molar-refractivity contribution in [2.24, 2.45) is 5.73 Å². The van der Waals surface area contributed by atoms with Crippen LogP contribution in [0.2, 0.25) is 0 Å². The van der Waals surface area contributed by atoms with Gasteiger partial charge in [-0.2, -0.15) is 0 Å². The molecule has 3 heteroatoms. The number of hydrogen-bond acceptors (Lipinski definition) is 2. The Morgan fingerprint density at radius 1 is 0.484 bits per heavy atom. The van der Waals surface area contributed by atoms with Gasteiger partial charge in [0.25, 0.3) is 0 Å². The molecule has 0 amide bonds. The van der Waals surface area contributed by atoms with E-state index in [0.29, 0.717) is 12.4 Å². The zero-order chi connectivity index (χ0) is 22.0. The fraction of sp³-hybridized carbons (Fsp3) is 0.143. The first-order valence-corrected chi connectivity index (χ1v) is 11.0. The lowest BCUT2D eigenvalue weighted by Crippen LogP contribution is -2.12. The van der Waals surface area contributed by atoms with Crippen LogP contribution in [-0.2, 0) is 25.5 Å². The molecule has 0 radical (unpaired) electrons. The second-order valence-electron chi connectivity index (χ2n) is 6.88. The normalized spacial score (nSPS) is 9.61. The van der Waals surface area contributed by atoms with Gasteiger partial charge in [-0.25, -0.2) is 0 Å². The maximum absolute atomic E-state index is 5.53. The van der Waals surface area contributed by atoms with Gasteiger partial charge in [-0.05, 0) is 22.3 Å². The lowest BCUT2D eigenvalue weighted by atomic mass is 10.2. The third-order valence-corrected chi connectivity index (χ3v) is 4.73. The molecule has 0 unspecified atom stereocenters. The maximum Gasteiger partial charge on any atom is 0.0474 e. The van der Waals surface area contributed by atoms with E-state index in [4.69, 9.17) is 17.3 Å². The van der Waals surface area contributed by atoms with Crippen LogP contribution in [0.3, 0.4) is 0 Å². The van der Waals surface area contributed by atoms with Crippen LogP contribution in [0.5, 0.6) is 0 Å². The fourth-order valence-corrected chi connectivity index (χ4v) is 2.90. The highest BCUT2D eigenvalue weighted by atomic mass is 35.5. The minimum Gasteiger partial charge on any atom is -0.326 e. The molecule has 0 aromatic heterocycles. The molecular weight excluding hydrogens is 400 g/mol. The average Bonchev–Trinajstić information content (AvgIpc) is 2.87. The molecule has 0 spiro atoms. The molecular formula is C28H31ClN2. The van der Waals surface area contributed by atoms with Gasteiger partial charge in [0, 0.05) is 25.5 Å². The third-order valence-electron chi connectivity index (χ3n) is 4.42. The number of nitrogens with one attached hydrogen (secondary N) is 1. The summed E-state index contributed by atoms with van der Waals surface area (Å²) in [6, 6.07) is 40.9. The highest BCUT2D eigenvalue weighted by Crippen LogP contribution is 2.01. The quantitative estimate of drug-likeness (QED) is 0.340. The highest BCUT2D eigenvalue weighted by Gasteiger charge is 1.92. The van der Waals surface area contributed by atoms with Crippen LogP contribution < -0.4 is 11.1 Å². The second-order valence-corrected chi connectivity index (χ2v) is 7.15. The summed E-state index contributed by atoms with van der Waals surface area (Å²) in [6.45, 7) is 2.49. The van der Waals surface area contributed by atoms with Crippen LogP contribution in [0.4, 0.5) is 0 Å². The van der Waals surface area contributed by atoms with Gasteiger partial charge in [0.15, 0.2) is 0 Å². The molecule has 0 heterocycles. The summed E-state index contributed by atoms with van der Waals surface area (Å²) in [5.41, 5.74) is 10.4. The Morgan fingerprint density at radius 2 is 0.806 bits per heavy atom. The maximum atomic E-state index is 5.53. The van der Waals surface area contributed by atoms with E-state index in [9.17, 15) is 0 Å². The molecule has 0 aliphatic heterocycles. The first-order valence-electron chi connectivity index (χ1n) is 10.4. The molecule has 0 atom stereocenters. The van der Waals surface area contributed by atoms with Crippen molar-refractivity contribution in [1.29, 1.82) is 0 Å². The van der Waals surface area contributed by atoms with Crippen LogP contribution in [0.1, 0.15) is 22.3 Å². The summed E-state index contributed by atoms with van der Waals surface area (Å²) in [6.07, 6.45) is 0. The molecule has 4 aromatic rings.